The molecule has 0 heterocycles. The van der Waals surface area contributed by atoms with Gasteiger partial charge in [-0.25, -0.2) is 0 Å². The van der Waals surface area contributed by atoms with Crippen LogP contribution < -0.4 is 10.6 Å². The van der Waals surface area contributed by atoms with E-state index in [4.69, 9.17) is 18.6 Å². The van der Waals surface area contributed by atoms with E-state index in [9.17, 15) is 4.79 Å². The van der Waals surface area contributed by atoms with Crippen LogP contribution in [-0.4, -0.2) is 17.6 Å². The van der Waals surface area contributed by atoms with Crippen molar-refractivity contribution in [3.8, 4) is 12.3 Å². The Balaban J connectivity index is 2.63. The molecule has 4 heteroatoms. The number of carbonyl (C=O) groups is 1. The largest absolute Gasteiger partial charge is 0.363 e. The van der Waals surface area contributed by atoms with Crippen molar-refractivity contribution in [2.75, 3.05) is 6.54 Å². The molecule has 0 atom stereocenters. The highest BCUT2D eigenvalue weighted by atomic mass is 32.1. The maximum Gasteiger partial charge on any atom is 0.230 e. The van der Waals surface area contributed by atoms with E-state index >= 15 is 0 Å². The van der Waals surface area contributed by atoms with Crippen LogP contribution in [0.1, 0.15) is 18.1 Å². The van der Waals surface area contributed by atoms with Crippen LogP contribution in [0.2, 0.25) is 0 Å². The van der Waals surface area contributed by atoms with Gasteiger partial charge >= 0.3 is 0 Å². The van der Waals surface area contributed by atoms with Crippen LogP contribution in [0.25, 0.3) is 0 Å². The van der Waals surface area contributed by atoms with Crippen molar-refractivity contribution in [3.63, 3.8) is 0 Å². The highest BCUT2D eigenvalue weighted by Crippen LogP contribution is 2.07. The number of rotatable bonds is 3. The molecule has 0 aliphatic heterocycles. The van der Waals surface area contributed by atoms with Crippen LogP contribution in [0.4, 0.5) is 0 Å². The molecule has 3 nitrogen and oxygen atoms in total. The molecule has 88 valence electrons. The van der Waals surface area contributed by atoms with Gasteiger partial charge in [0.2, 0.25) is 5.91 Å². The van der Waals surface area contributed by atoms with E-state index < -0.39 is 0 Å². The van der Waals surface area contributed by atoms with Gasteiger partial charge in [-0.3, -0.25) is 4.79 Å². The normalized spacial score (nSPS) is 9.18. The predicted molar refractivity (Wildman–Crippen MR) is 72.5 cm³/mol. The van der Waals surface area contributed by atoms with Crippen LogP contribution in [0.15, 0.2) is 24.3 Å². The number of terminal acetylenes is 1. The Bertz CT molecular complexity index is 463. The molecule has 1 aromatic rings. The first-order valence-corrected chi connectivity index (χ1v) is 5.70. The molecule has 0 spiro atoms. The fourth-order valence-corrected chi connectivity index (χ4v) is 1.62. The first-order valence-electron chi connectivity index (χ1n) is 5.29. The lowest BCUT2D eigenvalue weighted by atomic mass is 10.1. The molecule has 0 fully saturated rings. The SMILES string of the molecule is C#Cc1ccccc1CC(=O)NC(=S)NCC. The molecule has 0 saturated heterocycles. The summed E-state index contributed by atoms with van der Waals surface area (Å²) in [6.07, 6.45) is 5.58. The molecule has 0 unspecified atom stereocenters. The third-order valence-electron chi connectivity index (χ3n) is 2.11. The molecule has 0 aromatic heterocycles. The average molecular weight is 246 g/mol. The Labute approximate surface area is 107 Å². The van der Waals surface area contributed by atoms with Crippen LogP contribution in [0.3, 0.4) is 0 Å². The van der Waals surface area contributed by atoms with E-state index in [0.29, 0.717) is 11.7 Å². The predicted octanol–water partition coefficient (Wildman–Crippen LogP) is 1.22. The third kappa shape index (κ3) is 4.25. The summed E-state index contributed by atoms with van der Waals surface area (Å²) in [6, 6.07) is 7.35. The molecule has 2 N–H and O–H groups in total. The number of benzene rings is 1. The second kappa shape index (κ2) is 6.66. The quantitative estimate of drug-likeness (QED) is 0.622. The average Bonchev–Trinajstić information content (AvgIpc) is 2.29. The third-order valence-corrected chi connectivity index (χ3v) is 2.36. The van der Waals surface area contributed by atoms with Gasteiger partial charge < -0.3 is 10.6 Å². The molecule has 0 aliphatic carbocycles. The molecule has 1 rings (SSSR count). The number of hydrogen-bond donors (Lipinski definition) is 2. The van der Waals surface area contributed by atoms with E-state index in [0.717, 1.165) is 11.1 Å². The van der Waals surface area contributed by atoms with Gasteiger partial charge in [-0.05, 0) is 30.8 Å². The number of carbonyl (C=O) groups excluding carboxylic acids is 1. The van der Waals surface area contributed by atoms with Gasteiger partial charge in [0, 0.05) is 12.1 Å². The molecule has 1 amide bonds. The summed E-state index contributed by atoms with van der Waals surface area (Å²) >= 11 is 4.92. The van der Waals surface area contributed by atoms with Crippen LogP contribution in [0, 0.1) is 12.3 Å². The molecule has 0 aliphatic rings. The summed E-state index contributed by atoms with van der Waals surface area (Å²) in [4.78, 5) is 11.7. The Hall–Kier alpha value is -1.86. The van der Waals surface area contributed by atoms with E-state index in [1.807, 2.05) is 31.2 Å². The second-order valence-electron chi connectivity index (χ2n) is 3.39. The summed E-state index contributed by atoms with van der Waals surface area (Å²) in [6.45, 7) is 2.59. The molecule has 0 radical (unpaired) electrons. The van der Waals surface area contributed by atoms with Crippen LogP contribution in [-0.2, 0) is 11.2 Å². The topological polar surface area (TPSA) is 41.1 Å². The smallest absolute Gasteiger partial charge is 0.230 e. The first kappa shape index (κ1) is 13.2. The monoisotopic (exact) mass is 246 g/mol. The lowest BCUT2D eigenvalue weighted by Crippen LogP contribution is -2.39. The molecule has 1 aromatic carbocycles. The minimum Gasteiger partial charge on any atom is -0.363 e. The van der Waals surface area contributed by atoms with Gasteiger partial charge in [-0.2, -0.15) is 0 Å². The number of thiocarbonyl (C=S) groups is 1. The van der Waals surface area contributed by atoms with Crippen molar-refractivity contribution in [2.24, 2.45) is 0 Å². The summed E-state index contributed by atoms with van der Waals surface area (Å²) in [5, 5.41) is 5.79. The summed E-state index contributed by atoms with van der Waals surface area (Å²) in [5.41, 5.74) is 1.56. The van der Waals surface area contributed by atoms with Gasteiger partial charge in [0.15, 0.2) is 5.11 Å². The molecular weight excluding hydrogens is 232 g/mol. The Morgan fingerprint density at radius 3 is 2.82 bits per heavy atom. The summed E-state index contributed by atoms with van der Waals surface area (Å²) in [5.74, 6) is 2.38. The maximum atomic E-state index is 11.7. The molecular formula is C13H14N2OS. The summed E-state index contributed by atoms with van der Waals surface area (Å²) < 4.78 is 0. The number of amides is 1. The first-order chi connectivity index (χ1) is 8.17. The second-order valence-corrected chi connectivity index (χ2v) is 3.79. The standard InChI is InChI=1S/C13H14N2OS/c1-3-10-7-5-6-8-11(10)9-12(16)15-13(17)14-4-2/h1,5-8H,4,9H2,2H3,(H2,14,15,16,17). The Kier molecular flexibility index (Phi) is 5.18. The van der Waals surface area contributed by atoms with E-state index in [1.54, 1.807) is 0 Å². The van der Waals surface area contributed by atoms with Gasteiger partial charge in [-0.15, -0.1) is 6.42 Å². The van der Waals surface area contributed by atoms with Crippen molar-refractivity contribution < 1.29 is 4.79 Å². The Morgan fingerprint density at radius 2 is 2.18 bits per heavy atom. The Morgan fingerprint density at radius 1 is 1.47 bits per heavy atom. The van der Waals surface area contributed by atoms with Crippen molar-refractivity contribution in [1.82, 2.24) is 10.6 Å². The lowest BCUT2D eigenvalue weighted by molar-refractivity contribution is -0.119. The highest BCUT2D eigenvalue weighted by molar-refractivity contribution is 7.80. The molecule has 0 saturated carbocycles. The maximum absolute atomic E-state index is 11.7. The minimum atomic E-state index is -0.168. The van der Waals surface area contributed by atoms with Gasteiger partial charge in [-0.1, -0.05) is 24.1 Å². The molecule has 17 heavy (non-hydrogen) atoms. The van der Waals surface area contributed by atoms with Gasteiger partial charge in [0.05, 0.1) is 6.42 Å². The van der Waals surface area contributed by atoms with Crippen molar-refractivity contribution in [1.29, 1.82) is 0 Å². The van der Waals surface area contributed by atoms with Gasteiger partial charge in [0.1, 0.15) is 0 Å². The zero-order chi connectivity index (χ0) is 12.7. The lowest BCUT2D eigenvalue weighted by Gasteiger charge is -2.08. The van der Waals surface area contributed by atoms with Crippen molar-refractivity contribution in [3.05, 3.63) is 35.4 Å². The number of hydrogen-bond acceptors (Lipinski definition) is 2. The fourth-order valence-electron chi connectivity index (χ4n) is 1.36. The number of nitrogens with one attached hydrogen (secondary N) is 2. The highest BCUT2D eigenvalue weighted by Gasteiger charge is 2.07. The van der Waals surface area contributed by atoms with Crippen LogP contribution >= 0.6 is 12.2 Å². The fraction of sp³-hybridized carbons (Fsp3) is 0.231. The van der Waals surface area contributed by atoms with Gasteiger partial charge in [0.25, 0.3) is 0 Å². The zero-order valence-electron chi connectivity index (χ0n) is 9.62. The van der Waals surface area contributed by atoms with E-state index in [-0.39, 0.29) is 12.3 Å². The van der Waals surface area contributed by atoms with E-state index in [1.165, 1.54) is 0 Å². The zero-order valence-corrected chi connectivity index (χ0v) is 10.4. The summed E-state index contributed by atoms with van der Waals surface area (Å²) in [7, 11) is 0. The van der Waals surface area contributed by atoms with Crippen LogP contribution in [0.5, 0.6) is 0 Å². The molecule has 0 bridgehead atoms. The minimum absolute atomic E-state index is 0.168. The van der Waals surface area contributed by atoms with Crippen molar-refractivity contribution >= 4 is 23.2 Å². The van der Waals surface area contributed by atoms with E-state index in [2.05, 4.69) is 16.6 Å². The van der Waals surface area contributed by atoms with Crippen molar-refractivity contribution in [2.45, 2.75) is 13.3 Å².